The Hall–Kier alpha value is -2.92. The average molecular weight is 368 g/mol. The van der Waals surface area contributed by atoms with Crippen molar-refractivity contribution in [3.63, 3.8) is 0 Å². The van der Waals surface area contributed by atoms with Gasteiger partial charge in [-0.2, -0.15) is 0 Å². The van der Waals surface area contributed by atoms with E-state index < -0.39 is 5.97 Å². The lowest BCUT2D eigenvalue weighted by Gasteiger charge is -2.29. The minimum Gasteiger partial charge on any atom is -0.497 e. The highest BCUT2D eigenvalue weighted by Gasteiger charge is 2.17. The normalized spacial score (nSPS) is 10.9. The predicted octanol–water partition coefficient (Wildman–Crippen LogP) is 3.23. The second-order valence-electron chi connectivity index (χ2n) is 6.94. The molecule has 2 aromatic rings. The number of benzene rings is 2. The number of hydrogen-bond donors (Lipinski definition) is 0. The second kappa shape index (κ2) is 9.14. The Morgan fingerprint density at radius 3 is 2.07 bits per heavy atom. The Balaban J connectivity index is 1.98. The monoisotopic (exact) mass is 368 g/mol. The summed E-state index contributed by atoms with van der Waals surface area (Å²) in [7, 11) is 5.73. The summed E-state index contributed by atoms with van der Waals surface area (Å²) in [6.07, 6.45) is 1.17. The molecule has 0 atom stereocenters. The van der Waals surface area contributed by atoms with Gasteiger partial charge in [0.05, 0.1) is 21.2 Å². The quantitative estimate of drug-likeness (QED) is 0.295. The molecular formula is C22H26NO4+. The molecular weight excluding hydrogens is 342 g/mol. The van der Waals surface area contributed by atoms with E-state index in [1.54, 1.807) is 31.4 Å². The van der Waals surface area contributed by atoms with E-state index >= 15 is 0 Å². The summed E-state index contributed by atoms with van der Waals surface area (Å²) in [4.78, 5) is 23.7. The number of carbonyl (C=O) groups excluding carboxylic acids is 2. The summed E-state index contributed by atoms with van der Waals surface area (Å²) < 4.78 is 10.8. The molecule has 0 radical (unpaired) electrons. The van der Waals surface area contributed by atoms with E-state index in [4.69, 9.17) is 9.47 Å². The third-order valence-corrected chi connectivity index (χ3v) is 4.29. The van der Waals surface area contributed by atoms with E-state index in [9.17, 15) is 9.59 Å². The number of methoxy groups -OCH3 is 1. The number of likely N-dealkylation sites (N-methyl/N-ethyl adjacent to an activating group) is 1. The van der Waals surface area contributed by atoms with Gasteiger partial charge in [-0.1, -0.05) is 30.8 Å². The molecule has 0 heterocycles. The highest BCUT2D eigenvalue weighted by molar-refractivity contribution is 6.09. The van der Waals surface area contributed by atoms with Crippen LogP contribution in [-0.4, -0.2) is 50.6 Å². The molecule has 0 unspecified atom stereocenters. The first-order valence-corrected chi connectivity index (χ1v) is 8.73. The Morgan fingerprint density at radius 2 is 1.56 bits per heavy atom. The second-order valence-corrected chi connectivity index (χ2v) is 6.94. The van der Waals surface area contributed by atoms with Crippen LogP contribution in [-0.2, 0) is 16.1 Å². The van der Waals surface area contributed by atoms with Gasteiger partial charge < -0.3 is 14.0 Å². The zero-order valence-electron chi connectivity index (χ0n) is 16.1. The Bertz CT molecular complexity index is 792. The van der Waals surface area contributed by atoms with Crippen molar-refractivity contribution < 1.29 is 23.5 Å². The highest BCUT2D eigenvalue weighted by atomic mass is 16.5. The van der Waals surface area contributed by atoms with E-state index in [0.29, 0.717) is 28.8 Å². The van der Waals surface area contributed by atoms with Crippen molar-refractivity contribution in [2.24, 2.45) is 0 Å². The van der Waals surface area contributed by atoms with Crippen molar-refractivity contribution in [2.45, 2.75) is 6.54 Å². The van der Waals surface area contributed by atoms with Crippen molar-refractivity contribution in [3.05, 3.63) is 77.9 Å². The van der Waals surface area contributed by atoms with Gasteiger partial charge >= 0.3 is 5.97 Å². The molecule has 5 heteroatoms. The van der Waals surface area contributed by atoms with Gasteiger partial charge in [-0.3, -0.25) is 4.79 Å². The number of esters is 1. The third-order valence-electron chi connectivity index (χ3n) is 4.29. The fraction of sp³-hybridized carbons (Fsp3) is 0.273. The number of carbonyl (C=O) groups is 2. The average Bonchev–Trinajstić information content (AvgIpc) is 2.67. The minimum absolute atomic E-state index is 0.0192. The molecule has 5 nitrogen and oxygen atoms in total. The lowest BCUT2D eigenvalue weighted by Crippen LogP contribution is -2.41. The summed E-state index contributed by atoms with van der Waals surface area (Å²) in [5.74, 6) is 0.298. The van der Waals surface area contributed by atoms with Crippen LogP contribution in [0.1, 0.15) is 21.5 Å². The van der Waals surface area contributed by atoms with E-state index in [1.165, 1.54) is 6.08 Å². The van der Waals surface area contributed by atoms with Crippen LogP contribution in [0.4, 0.5) is 0 Å². The van der Waals surface area contributed by atoms with Crippen LogP contribution >= 0.6 is 0 Å². The fourth-order valence-electron chi connectivity index (χ4n) is 2.70. The van der Waals surface area contributed by atoms with Gasteiger partial charge in [0, 0.05) is 22.8 Å². The Labute approximate surface area is 160 Å². The van der Waals surface area contributed by atoms with Crippen LogP contribution in [0.3, 0.4) is 0 Å². The van der Waals surface area contributed by atoms with Gasteiger partial charge in [0.2, 0.25) is 0 Å². The first-order valence-electron chi connectivity index (χ1n) is 8.73. The van der Waals surface area contributed by atoms with Crippen molar-refractivity contribution in [2.75, 3.05) is 34.4 Å². The van der Waals surface area contributed by atoms with E-state index in [1.807, 2.05) is 24.3 Å². The molecule has 0 aliphatic rings. The number of ether oxygens (including phenoxy) is 2. The lowest BCUT2D eigenvalue weighted by molar-refractivity contribution is -0.903. The van der Waals surface area contributed by atoms with Crippen molar-refractivity contribution in [3.8, 4) is 5.75 Å². The molecule has 142 valence electrons. The van der Waals surface area contributed by atoms with Crippen LogP contribution in [0.15, 0.2) is 61.2 Å². The van der Waals surface area contributed by atoms with Crippen LogP contribution < -0.4 is 4.74 Å². The topological polar surface area (TPSA) is 52.6 Å². The largest absolute Gasteiger partial charge is 0.497 e. The first kappa shape index (κ1) is 20.4. The molecule has 0 saturated heterocycles. The van der Waals surface area contributed by atoms with Gasteiger partial charge in [-0.15, -0.1) is 0 Å². The van der Waals surface area contributed by atoms with Crippen molar-refractivity contribution in [1.29, 1.82) is 0 Å². The van der Waals surface area contributed by atoms with E-state index in [2.05, 4.69) is 20.7 Å². The predicted molar refractivity (Wildman–Crippen MR) is 105 cm³/mol. The fourth-order valence-corrected chi connectivity index (χ4v) is 2.70. The molecule has 0 aliphatic carbocycles. The summed E-state index contributed by atoms with van der Waals surface area (Å²) in [6.45, 7) is 5.18. The number of rotatable bonds is 9. The molecule has 0 aromatic heterocycles. The molecule has 0 amide bonds. The van der Waals surface area contributed by atoms with Crippen molar-refractivity contribution >= 4 is 11.8 Å². The van der Waals surface area contributed by atoms with E-state index in [-0.39, 0.29) is 5.78 Å². The zero-order chi connectivity index (χ0) is 19.9. The third kappa shape index (κ3) is 6.08. The first-order chi connectivity index (χ1) is 12.8. The summed E-state index contributed by atoms with van der Waals surface area (Å²) in [5.41, 5.74) is 2.39. The standard InChI is InChI=1S/C22H26NO4/c1-5-21(24)27-15-14-23(2,3)16-17-6-8-18(9-7-17)22(25)19-10-12-20(26-4)13-11-19/h5-13H,1,14-16H2,2-4H3/q+1. The maximum atomic E-state index is 12.6. The molecule has 0 bridgehead atoms. The van der Waals surface area contributed by atoms with Crippen molar-refractivity contribution in [1.82, 2.24) is 0 Å². The maximum absolute atomic E-state index is 12.6. The molecule has 0 N–H and O–H groups in total. The Morgan fingerprint density at radius 1 is 1.00 bits per heavy atom. The summed E-state index contributed by atoms with van der Waals surface area (Å²) in [6, 6.07) is 14.7. The Kier molecular flexibility index (Phi) is 6.91. The van der Waals surface area contributed by atoms with Crippen LogP contribution in [0, 0.1) is 0 Å². The van der Waals surface area contributed by atoms with Gasteiger partial charge in [-0.05, 0) is 24.3 Å². The van der Waals surface area contributed by atoms with Gasteiger partial charge in [0.15, 0.2) is 5.78 Å². The molecule has 2 rings (SSSR count). The van der Waals surface area contributed by atoms with Crippen LogP contribution in [0.2, 0.25) is 0 Å². The molecule has 27 heavy (non-hydrogen) atoms. The molecule has 0 spiro atoms. The summed E-state index contributed by atoms with van der Waals surface area (Å²) >= 11 is 0. The molecule has 0 fully saturated rings. The molecule has 0 saturated carbocycles. The molecule has 2 aromatic carbocycles. The molecule has 0 aliphatic heterocycles. The zero-order valence-corrected chi connectivity index (χ0v) is 16.1. The van der Waals surface area contributed by atoms with E-state index in [0.717, 1.165) is 17.9 Å². The maximum Gasteiger partial charge on any atom is 0.330 e. The lowest BCUT2D eigenvalue weighted by atomic mass is 10.0. The SMILES string of the molecule is C=CC(=O)OCC[N+](C)(C)Cc1ccc(C(=O)c2ccc(OC)cc2)cc1. The van der Waals surface area contributed by atoms with Gasteiger partial charge in [0.1, 0.15) is 25.4 Å². The minimum atomic E-state index is -0.406. The smallest absolute Gasteiger partial charge is 0.330 e. The highest BCUT2D eigenvalue weighted by Crippen LogP contribution is 2.17. The number of hydrogen-bond acceptors (Lipinski definition) is 4. The number of quaternary nitrogens is 1. The number of ketones is 1. The van der Waals surface area contributed by atoms with Crippen LogP contribution in [0.25, 0.3) is 0 Å². The van der Waals surface area contributed by atoms with Gasteiger partial charge in [-0.25, -0.2) is 4.79 Å². The summed E-state index contributed by atoms with van der Waals surface area (Å²) in [5, 5.41) is 0. The van der Waals surface area contributed by atoms with Crippen LogP contribution in [0.5, 0.6) is 5.75 Å². The van der Waals surface area contributed by atoms with Gasteiger partial charge in [0.25, 0.3) is 0 Å². The number of nitrogens with zero attached hydrogens (tertiary/aromatic N) is 1.